The van der Waals surface area contributed by atoms with Gasteiger partial charge in [0.15, 0.2) is 0 Å². The van der Waals surface area contributed by atoms with E-state index in [9.17, 15) is 9.59 Å². The molecular weight excluding hydrogens is 326 g/mol. The number of nitrogens with zero attached hydrogens (tertiary/aromatic N) is 2. The summed E-state index contributed by atoms with van der Waals surface area (Å²) in [5.41, 5.74) is 2.36. The van der Waals surface area contributed by atoms with Gasteiger partial charge in [0.1, 0.15) is 6.54 Å². The molecule has 2 amide bonds. The highest BCUT2D eigenvalue weighted by molar-refractivity contribution is 6.01. The van der Waals surface area contributed by atoms with Gasteiger partial charge in [0.05, 0.1) is 17.2 Å². The first-order valence-corrected chi connectivity index (χ1v) is 8.52. The summed E-state index contributed by atoms with van der Waals surface area (Å²) in [7, 11) is 0. The fraction of sp³-hybridized carbons (Fsp3) is 0.190. The van der Waals surface area contributed by atoms with E-state index in [2.05, 4.69) is 10.3 Å². The smallest absolute Gasteiger partial charge is 0.244 e. The number of fused-ring (bicyclic) bond motifs is 1. The molecule has 0 spiro atoms. The number of para-hydroxylation sites is 1. The Balaban J connectivity index is 1.77. The van der Waals surface area contributed by atoms with Gasteiger partial charge in [-0.1, -0.05) is 48.5 Å². The van der Waals surface area contributed by atoms with E-state index in [-0.39, 0.29) is 24.4 Å². The predicted octanol–water partition coefficient (Wildman–Crippen LogP) is 3.78. The van der Waals surface area contributed by atoms with E-state index in [0.29, 0.717) is 5.69 Å². The number of anilines is 1. The predicted molar refractivity (Wildman–Crippen MR) is 103 cm³/mol. The van der Waals surface area contributed by atoms with Crippen LogP contribution in [0.25, 0.3) is 10.9 Å². The standard InChI is InChI=1S/C21H21N3O2/c1-15(17-8-4-3-5-9-17)24(16(2)25)14-20(26)23-19-12-6-10-18-11-7-13-22-21(18)19/h3-13,15H,14H2,1-2H3,(H,23,26). The number of carbonyl (C=O) groups is 2. The van der Waals surface area contributed by atoms with Crippen molar-refractivity contribution in [2.75, 3.05) is 11.9 Å². The number of hydrogen-bond donors (Lipinski definition) is 1. The average molecular weight is 347 g/mol. The second kappa shape index (κ2) is 7.78. The summed E-state index contributed by atoms with van der Waals surface area (Å²) in [6.45, 7) is 3.38. The van der Waals surface area contributed by atoms with Crippen LogP contribution in [-0.2, 0) is 9.59 Å². The zero-order valence-corrected chi connectivity index (χ0v) is 14.8. The number of amides is 2. The zero-order chi connectivity index (χ0) is 18.5. The van der Waals surface area contributed by atoms with Gasteiger partial charge in [-0.25, -0.2) is 0 Å². The molecular formula is C21H21N3O2. The van der Waals surface area contributed by atoms with Gasteiger partial charge >= 0.3 is 0 Å². The van der Waals surface area contributed by atoms with Gasteiger partial charge in [0, 0.05) is 18.5 Å². The molecule has 0 saturated heterocycles. The lowest BCUT2D eigenvalue weighted by Gasteiger charge is -2.28. The van der Waals surface area contributed by atoms with Gasteiger partial charge in [-0.05, 0) is 24.6 Å². The third kappa shape index (κ3) is 3.88. The third-order valence-corrected chi connectivity index (χ3v) is 4.37. The number of benzene rings is 2. The van der Waals surface area contributed by atoms with E-state index in [1.54, 1.807) is 11.1 Å². The molecule has 1 unspecified atom stereocenters. The molecule has 0 radical (unpaired) electrons. The molecule has 0 bridgehead atoms. The molecule has 0 aliphatic heterocycles. The van der Waals surface area contributed by atoms with E-state index < -0.39 is 0 Å². The maximum Gasteiger partial charge on any atom is 0.244 e. The molecule has 1 N–H and O–H groups in total. The fourth-order valence-electron chi connectivity index (χ4n) is 2.98. The zero-order valence-electron chi connectivity index (χ0n) is 14.8. The van der Waals surface area contributed by atoms with Crippen LogP contribution in [0, 0.1) is 0 Å². The summed E-state index contributed by atoms with van der Waals surface area (Å²) < 4.78 is 0. The molecule has 5 nitrogen and oxygen atoms in total. The molecule has 0 fully saturated rings. The highest BCUT2D eigenvalue weighted by Gasteiger charge is 2.21. The Hall–Kier alpha value is -3.21. The lowest BCUT2D eigenvalue weighted by atomic mass is 10.1. The van der Waals surface area contributed by atoms with E-state index in [1.165, 1.54) is 6.92 Å². The lowest BCUT2D eigenvalue weighted by molar-refractivity contribution is -0.134. The first-order valence-electron chi connectivity index (χ1n) is 8.52. The number of pyridine rings is 1. The van der Waals surface area contributed by atoms with Crippen LogP contribution in [0.4, 0.5) is 5.69 Å². The van der Waals surface area contributed by atoms with Crippen molar-refractivity contribution in [3.8, 4) is 0 Å². The number of nitrogens with one attached hydrogen (secondary N) is 1. The maximum atomic E-state index is 12.6. The van der Waals surface area contributed by atoms with Crippen LogP contribution in [0.15, 0.2) is 66.9 Å². The molecule has 0 aliphatic rings. The van der Waals surface area contributed by atoms with Crippen molar-refractivity contribution in [1.82, 2.24) is 9.88 Å². The number of aromatic nitrogens is 1. The van der Waals surface area contributed by atoms with Crippen molar-refractivity contribution in [3.63, 3.8) is 0 Å². The largest absolute Gasteiger partial charge is 0.327 e. The van der Waals surface area contributed by atoms with E-state index in [1.807, 2.05) is 67.6 Å². The third-order valence-electron chi connectivity index (χ3n) is 4.37. The summed E-state index contributed by atoms with van der Waals surface area (Å²) in [5, 5.41) is 3.83. The van der Waals surface area contributed by atoms with Crippen LogP contribution < -0.4 is 5.32 Å². The second-order valence-corrected chi connectivity index (χ2v) is 6.16. The Morgan fingerprint density at radius 1 is 1.04 bits per heavy atom. The van der Waals surface area contributed by atoms with Gasteiger partial charge < -0.3 is 10.2 Å². The summed E-state index contributed by atoms with van der Waals surface area (Å²) in [6.07, 6.45) is 1.69. The molecule has 3 aromatic rings. The Morgan fingerprint density at radius 2 is 1.77 bits per heavy atom. The first kappa shape index (κ1) is 17.6. The maximum absolute atomic E-state index is 12.6. The minimum atomic E-state index is -0.249. The molecule has 0 saturated carbocycles. The minimum Gasteiger partial charge on any atom is -0.327 e. The second-order valence-electron chi connectivity index (χ2n) is 6.16. The molecule has 5 heteroatoms. The van der Waals surface area contributed by atoms with Crippen LogP contribution in [0.3, 0.4) is 0 Å². The van der Waals surface area contributed by atoms with E-state index in [0.717, 1.165) is 16.5 Å². The van der Waals surface area contributed by atoms with Crippen molar-refractivity contribution >= 4 is 28.4 Å². The van der Waals surface area contributed by atoms with Crippen LogP contribution in [-0.4, -0.2) is 28.2 Å². The average Bonchev–Trinajstić information content (AvgIpc) is 2.66. The summed E-state index contributed by atoms with van der Waals surface area (Å²) in [6, 6.07) is 18.9. The van der Waals surface area contributed by atoms with Crippen LogP contribution in [0.1, 0.15) is 25.5 Å². The van der Waals surface area contributed by atoms with Crippen LogP contribution in [0.5, 0.6) is 0 Å². The highest BCUT2D eigenvalue weighted by atomic mass is 16.2. The Labute approximate surface area is 152 Å². The highest BCUT2D eigenvalue weighted by Crippen LogP contribution is 2.22. The Bertz CT molecular complexity index is 919. The van der Waals surface area contributed by atoms with Crippen LogP contribution in [0.2, 0.25) is 0 Å². The summed E-state index contributed by atoms with van der Waals surface area (Å²) in [5.74, 6) is -0.395. The van der Waals surface area contributed by atoms with Crippen LogP contribution >= 0.6 is 0 Å². The van der Waals surface area contributed by atoms with E-state index in [4.69, 9.17) is 0 Å². The molecule has 2 aromatic carbocycles. The Kier molecular flexibility index (Phi) is 5.27. The number of rotatable bonds is 5. The quantitative estimate of drug-likeness (QED) is 0.764. The molecule has 1 aromatic heterocycles. The van der Waals surface area contributed by atoms with Gasteiger partial charge in [-0.3, -0.25) is 14.6 Å². The van der Waals surface area contributed by atoms with Gasteiger partial charge in [0.25, 0.3) is 0 Å². The monoisotopic (exact) mass is 347 g/mol. The molecule has 132 valence electrons. The Morgan fingerprint density at radius 3 is 2.50 bits per heavy atom. The first-order chi connectivity index (χ1) is 12.6. The van der Waals surface area contributed by atoms with Gasteiger partial charge in [-0.2, -0.15) is 0 Å². The van der Waals surface area contributed by atoms with Crippen molar-refractivity contribution in [2.24, 2.45) is 0 Å². The topological polar surface area (TPSA) is 62.3 Å². The molecule has 0 aliphatic carbocycles. The fourth-order valence-corrected chi connectivity index (χ4v) is 2.98. The van der Waals surface area contributed by atoms with Gasteiger partial charge in [0.2, 0.25) is 11.8 Å². The lowest BCUT2D eigenvalue weighted by Crippen LogP contribution is -2.38. The molecule has 1 heterocycles. The van der Waals surface area contributed by atoms with Crippen molar-refractivity contribution in [3.05, 3.63) is 72.4 Å². The normalized spacial score (nSPS) is 11.8. The van der Waals surface area contributed by atoms with Crippen molar-refractivity contribution in [1.29, 1.82) is 0 Å². The number of carbonyl (C=O) groups excluding carboxylic acids is 2. The molecule has 3 rings (SSSR count). The van der Waals surface area contributed by atoms with E-state index >= 15 is 0 Å². The summed E-state index contributed by atoms with van der Waals surface area (Å²) >= 11 is 0. The molecule has 26 heavy (non-hydrogen) atoms. The molecule has 1 atom stereocenters. The van der Waals surface area contributed by atoms with Crippen molar-refractivity contribution < 1.29 is 9.59 Å². The number of hydrogen-bond acceptors (Lipinski definition) is 3. The van der Waals surface area contributed by atoms with Gasteiger partial charge in [-0.15, -0.1) is 0 Å². The minimum absolute atomic E-state index is 0.0192. The summed E-state index contributed by atoms with van der Waals surface area (Å²) in [4.78, 5) is 30.6. The van der Waals surface area contributed by atoms with Crippen molar-refractivity contribution in [2.45, 2.75) is 19.9 Å². The SMILES string of the molecule is CC(=O)N(CC(=O)Nc1cccc2cccnc12)C(C)c1ccccc1.